The van der Waals surface area contributed by atoms with Crippen molar-refractivity contribution in [2.75, 3.05) is 6.61 Å². The fourth-order valence-electron chi connectivity index (χ4n) is 34.7. The predicted molar refractivity (Wildman–Crippen MR) is 402 cm³/mol. The van der Waals surface area contributed by atoms with Gasteiger partial charge >= 0.3 is 11.9 Å². The van der Waals surface area contributed by atoms with Crippen LogP contribution in [0.25, 0.3) is 0 Å². The smallest absolute Gasteiger partial charge is 0.309 e. The first kappa shape index (κ1) is 75.2. The van der Waals surface area contributed by atoms with Crippen molar-refractivity contribution in [2.45, 2.75) is 342 Å². The molecule has 15 aliphatic carbocycles. The number of carboxylic acids is 2. The van der Waals surface area contributed by atoms with Crippen LogP contribution in [0, 0.1) is 170 Å². The van der Waals surface area contributed by atoms with Gasteiger partial charge in [0.1, 0.15) is 0 Å². The van der Waals surface area contributed by atoms with Crippen LogP contribution in [-0.4, -0.2) is 67.5 Å². The highest BCUT2D eigenvalue weighted by atomic mass is 16.4. The van der Waals surface area contributed by atoms with Crippen molar-refractivity contribution in [3.8, 4) is 0 Å². The third-order valence-electron chi connectivity index (χ3n) is 40.8. The summed E-state index contributed by atoms with van der Waals surface area (Å²) in [5.41, 5.74) is 5.39. The van der Waals surface area contributed by atoms with Crippen LogP contribution in [0.1, 0.15) is 324 Å². The zero-order chi connectivity index (χ0) is 72.4. The molecule has 8 heteroatoms. The second-order valence-corrected chi connectivity index (χ2v) is 43.8. The number of aliphatic carboxylic acids is 2. The van der Waals surface area contributed by atoms with Crippen molar-refractivity contribution in [3.05, 3.63) is 36.5 Å². The Balaban J connectivity index is 0.000000133. The molecule has 0 heterocycles. The lowest BCUT2D eigenvalue weighted by Crippen LogP contribution is -2.67. The Morgan fingerprint density at radius 1 is 0.343 bits per heavy atom. The summed E-state index contributed by atoms with van der Waals surface area (Å²) < 4.78 is 0. The van der Waals surface area contributed by atoms with Gasteiger partial charge in [-0.25, -0.2) is 0 Å². The molecule has 15 saturated carbocycles. The largest absolute Gasteiger partial charge is 0.481 e. The SMILES string of the molecule is C=C(C)[C@@H]1CC[C@]2(C(=O)O)CC[C@]3(C)C(CCC4[C@@]5(C)CC[C@H](O)C(C)(C)C5CC[C@]43C)C12.C=C(C)[C@@H]1CC[C@]2(CO)CC[C@]3(C)C(CCC4[C@@]5(C)CC[C@H](O)C(C)(C)C5CC[C@]43C)C12.C=C(CC)[C@@H]1CC[C@]2(C(=O)O)CC[C@]3(C)C(CCC4[C@@]5(C)CC[C@H](O)C(C)(C)C5CC[C@]43C)C12. The summed E-state index contributed by atoms with van der Waals surface area (Å²) in [5.74, 6) is 6.94. The third kappa shape index (κ3) is 9.81. The molecule has 0 aliphatic heterocycles. The number of allylic oxidation sites excluding steroid dienone is 3. The van der Waals surface area contributed by atoms with Gasteiger partial charge in [0.25, 0.3) is 0 Å². The summed E-state index contributed by atoms with van der Waals surface area (Å²) in [4.78, 5) is 25.6. The molecule has 0 spiro atoms. The van der Waals surface area contributed by atoms with E-state index >= 15 is 0 Å². The lowest BCUT2D eigenvalue weighted by Gasteiger charge is -2.73. The standard InChI is InChI=1S/C31H50O3.C30H48O3.C30H50O2/c1-8-19(2)20-11-16-31(26(33)34)18-17-29(6)21(25(20)31)9-10-23-28(5)14-13-24(32)27(3,4)22(28)12-15-30(23,29)7;1-18(2)19-10-15-30(25(32)33)17-16-28(6)20(24(19)30)8-9-22-27(5)13-12-23(31)26(3,4)21(27)11-14-29(22,28)7;1-19(2)20-10-15-30(18-31)17-16-28(6)21(25(20)30)8-9-23-27(5)13-12-24(32)26(3,4)22(27)11-14-29(23,28)7/h20-25,32H,2,8-18H2,1,3-7H3,(H,33,34);19-24,31H,1,8-17H2,2-7H3,(H,32,33);20-25,31-32H,1,8-18H2,2-7H3/t20-,21?,22?,23?,24-,25?,28-,29+,30+,31-;19-,20?,21?,22?,23-,24?,27-,28+,29+,30-;20-,21?,22?,23?,24-,25?,27-,28+,29+,30+/m000/s1. The number of aliphatic hydroxyl groups is 4. The van der Waals surface area contributed by atoms with Gasteiger partial charge in [0.2, 0.25) is 0 Å². The van der Waals surface area contributed by atoms with Crippen molar-refractivity contribution in [2.24, 2.45) is 170 Å². The molecule has 0 aromatic carbocycles. The Morgan fingerprint density at radius 2 is 0.657 bits per heavy atom. The highest BCUT2D eigenvalue weighted by Gasteiger charge is 2.76. The number of fused-ring (bicyclic) bond motifs is 21. The Kier molecular flexibility index (Phi) is 18.4. The number of rotatable bonds is 7. The number of hydrogen-bond acceptors (Lipinski definition) is 6. The molecule has 560 valence electrons. The van der Waals surface area contributed by atoms with Crippen molar-refractivity contribution in [1.82, 2.24) is 0 Å². The lowest BCUT2D eigenvalue weighted by molar-refractivity contribution is -0.249. The molecule has 15 fully saturated rings. The summed E-state index contributed by atoms with van der Waals surface area (Å²) in [6.07, 6.45) is 34.1. The molecular formula is C91H148O8. The summed E-state index contributed by atoms with van der Waals surface area (Å²) >= 11 is 0. The summed E-state index contributed by atoms with van der Waals surface area (Å²) in [6.45, 7) is 57.6. The zero-order valence-electron chi connectivity index (χ0n) is 66.6. The molecule has 0 radical (unpaired) electrons. The van der Waals surface area contributed by atoms with E-state index in [-0.39, 0.29) is 84.3 Å². The number of carbonyl (C=O) groups is 2. The molecule has 0 saturated heterocycles. The van der Waals surface area contributed by atoms with E-state index in [1.165, 1.54) is 126 Å². The fourth-order valence-corrected chi connectivity index (χ4v) is 34.7. The number of hydrogen-bond donors (Lipinski definition) is 6. The Bertz CT molecular complexity index is 3170. The van der Waals surface area contributed by atoms with E-state index in [9.17, 15) is 40.2 Å². The van der Waals surface area contributed by atoms with Crippen LogP contribution in [0.3, 0.4) is 0 Å². The van der Waals surface area contributed by atoms with Gasteiger partial charge in [0.05, 0.1) is 29.1 Å². The van der Waals surface area contributed by atoms with Crippen LogP contribution in [0.4, 0.5) is 0 Å². The average molecular weight is 1370 g/mol. The van der Waals surface area contributed by atoms with E-state index in [4.69, 9.17) is 0 Å². The average Bonchev–Trinajstić information content (AvgIpc) is 1.67. The van der Waals surface area contributed by atoms with Gasteiger partial charge in [-0.2, -0.15) is 0 Å². The highest BCUT2D eigenvalue weighted by molar-refractivity contribution is 5.77. The van der Waals surface area contributed by atoms with Gasteiger partial charge < -0.3 is 30.6 Å². The molecule has 0 bridgehead atoms. The molecule has 6 N–H and O–H groups in total. The zero-order valence-corrected chi connectivity index (χ0v) is 66.6. The minimum Gasteiger partial charge on any atom is -0.481 e. The molecule has 30 atom stereocenters. The minimum absolute atomic E-state index is 0.0202. The van der Waals surface area contributed by atoms with E-state index in [2.05, 4.69) is 144 Å². The van der Waals surface area contributed by atoms with Gasteiger partial charge in [-0.05, 0) is 372 Å². The van der Waals surface area contributed by atoms with E-state index in [0.717, 1.165) is 102 Å². The quantitative estimate of drug-likeness (QED) is 0.138. The molecule has 8 nitrogen and oxygen atoms in total. The molecule has 99 heavy (non-hydrogen) atoms. The maximum absolute atomic E-state index is 12.8. The second kappa shape index (κ2) is 24.3. The van der Waals surface area contributed by atoms with Gasteiger partial charge in [-0.3, -0.25) is 9.59 Å². The minimum atomic E-state index is -0.538. The Hall–Kier alpha value is -2.00. The fraction of sp³-hybridized carbons (Fsp3) is 0.912. The first-order valence-electron chi connectivity index (χ1n) is 42.0. The van der Waals surface area contributed by atoms with Crippen LogP contribution < -0.4 is 0 Å². The third-order valence-corrected chi connectivity index (χ3v) is 40.8. The number of carboxylic acid groups (broad SMARTS) is 2. The van der Waals surface area contributed by atoms with Gasteiger partial charge in [-0.1, -0.05) is 147 Å². The van der Waals surface area contributed by atoms with E-state index < -0.39 is 22.8 Å². The monoisotopic (exact) mass is 1370 g/mol. The van der Waals surface area contributed by atoms with Crippen LogP contribution in [0.15, 0.2) is 36.5 Å². The van der Waals surface area contributed by atoms with Crippen molar-refractivity contribution >= 4 is 11.9 Å². The molecule has 0 amide bonds. The number of aliphatic hydroxyl groups excluding tert-OH is 4. The highest BCUT2D eigenvalue weighted by Crippen LogP contribution is 2.82. The summed E-state index contributed by atoms with van der Waals surface area (Å²) in [5, 5.41) is 64.4. The van der Waals surface area contributed by atoms with Crippen LogP contribution in [-0.2, 0) is 9.59 Å². The van der Waals surface area contributed by atoms with Gasteiger partial charge in [0, 0.05) is 6.61 Å². The molecular weight excluding hydrogens is 1220 g/mol. The van der Waals surface area contributed by atoms with Gasteiger partial charge in [-0.15, -0.1) is 0 Å². The van der Waals surface area contributed by atoms with E-state index in [1.54, 1.807) is 0 Å². The normalized spacial score (nSPS) is 55.1. The first-order chi connectivity index (χ1) is 45.9. The molecule has 12 unspecified atom stereocenters. The van der Waals surface area contributed by atoms with Gasteiger partial charge in [0.15, 0.2) is 0 Å². The van der Waals surface area contributed by atoms with Crippen molar-refractivity contribution in [1.29, 1.82) is 0 Å². The Labute approximate surface area is 604 Å². The maximum Gasteiger partial charge on any atom is 0.309 e. The van der Waals surface area contributed by atoms with Crippen molar-refractivity contribution < 1.29 is 40.2 Å². The summed E-state index contributed by atoms with van der Waals surface area (Å²) in [6, 6.07) is 0. The van der Waals surface area contributed by atoms with Crippen LogP contribution >= 0.6 is 0 Å². The van der Waals surface area contributed by atoms with Crippen LogP contribution in [0.2, 0.25) is 0 Å². The molecule has 15 aliphatic rings. The molecule has 0 aromatic heterocycles. The maximum atomic E-state index is 12.8. The summed E-state index contributed by atoms with van der Waals surface area (Å²) in [7, 11) is 0. The molecule has 15 rings (SSSR count). The molecule has 0 aromatic rings. The lowest BCUT2D eigenvalue weighted by atomic mass is 9.32. The predicted octanol–water partition coefficient (Wildman–Crippen LogP) is 21.6. The first-order valence-corrected chi connectivity index (χ1v) is 42.0. The van der Waals surface area contributed by atoms with E-state index in [1.807, 2.05) is 0 Å². The van der Waals surface area contributed by atoms with E-state index in [0.29, 0.717) is 87.9 Å². The second-order valence-electron chi connectivity index (χ2n) is 43.8. The Morgan fingerprint density at radius 3 is 0.990 bits per heavy atom. The van der Waals surface area contributed by atoms with Crippen LogP contribution in [0.5, 0.6) is 0 Å². The topological polar surface area (TPSA) is 156 Å². The van der Waals surface area contributed by atoms with Crippen molar-refractivity contribution in [3.63, 3.8) is 0 Å².